The van der Waals surface area contributed by atoms with Crippen LogP contribution in [0.25, 0.3) is 11.1 Å². The molecule has 29 heavy (non-hydrogen) atoms. The largest absolute Gasteiger partial charge is 0.496 e. The fourth-order valence-electron chi connectivity index (χ4n) is 2.98. The Bertz CT molecular complexity index is 1000. The second-order valence-corrected chi connectivity index (χ2v) is 6.28. The third-order valence-corrected chi connectivity index (χ3v) is 4.33. The van der Waals surface area contributed by atoms with E-state index in [4.69, 9.17) is 9.47 Å². The molecule has 3 rings (SSSR count). The second kappa shape index (κ2) is 9.52. The average Bonchev–Trinajstić information content (AvgIpc) is 2.74. The lowest BCUT2D eigenvalue weighted by atomic mass is 10.0. The smallest absolute Gasteiger partial charge is 0.326 e. The van der Waals surface area contributed by atoms with E-state index < -0.39 is 11.9 Å². The van der Waals surface area contributed by atoms with Crippen molar-refractivity contribution in [3.63, 3.8) is 0 Å². The molecule has 0 unspecified atom stereocenters. The van der Waals surface area contributed by atoms with E-state index in [0.717, 1.165) is 11.1 Å². The van der Waals surface area contributed by atoms with Crippen LogP contribution in [0.3, 0.4) is 0 Å². The molecular weight excluding hydrogens is 368 g/mol. The molecular formula is C23H22N2O4. The first-order valence-corrected chi connectivity index (χ1v) is 9.05. The molecule has 148 valence electrons. The fourth-order valence-corrected chi connectivity index (χ4v) is 2.98. The molecule has 0 radical (unpaired) electrons. The van der Waals surface area contributed by atoms with Gasteiger partial charge in [0.1, 0.15) is 5.75 Å². The lowest BCUT2D eigenvalue weighted by Crippen LogP contribution is -2.34. The highest BCUT2D eigenvalue weighted by atomic mass is 16.5. The summed E-state index contributed by atoms with van der Waals surface area (Å²) in [5.41, 5.74) is 3.52. The maximum absolute atomic E-state index is 12.5. The molecule has 6 nitrogen and oxygen atoms in total. The summed E-state index contributed by atoms with van der Waals surface area (Å²) in [7, 11) is 3.12. The van der Waals surface area contributed by atoms with Crippen LogP contribution in [0.5, 0.6) is 5.75 Å². The zero-order chi connectivity index (χ0) is 20.6. The number of ether oxygens (including phenoxy) is 2. The maximum Gasteiger partial charge on any atom is 0.326 e. The van der Waals surface area contributed by atoms with Crippen molar-refractivity contribution in [3.8, 4) is 16.9 Å². The van der Waals surface area contributed by atoms with E-state index in [1.54, 1.807) is 44.6 Å². The summed E-state index contributed by atoms with van der Waals surface area (Å²) in [5.74, 6) is 0.119. The summed E-state index contributed by atoms with van der Waals surface area (Å²) in [6.07, 6.45) is 0. The van der Waals surface area contributed by atoms with Gasteiger partial charge >= 0.3 is 6.03 Å². The molecule has 0 aliphatic rings. The predicted molar refractivity (Wildman–Crippen MR) is 112 cm³/mol. The first-order valence-electron chi connectivity index (χ1n) is 9.05. The molecule has 3 aromatic carbocycles. The summed E-state index contributed by atoms with van der Waals surface area (Å²) in [4.78, 5) is 24.8. The van der Waals surface area contributed by atoms with Crippen molar-refractivity contribution in [3.05, 3.63) is 83.9 Å². The molecule has 6 heteroatoms. The first kappa shape index (κ1) is 20.1. The molecule has 0 aliphatic carbocycles. The Hall–Kier alpha value is -3.64. The molecule has 0 aromatic heterocycles. The number of rotatable bonds is 6. The number of nitrogens with one attached hydrogen (secondary N) is 2. The molecule has 2 N–H and O–H groups in total. The molecule has 0 heterocycles. The third-order valence-electron chi connectivity index (χ3n) is 4.33. The Balaban J connectivity index is 1.72. The van der Waals surface area contributed by atoms with Gasteiger partial charge in [-0.1, -0.05) is 48.5 Å². The number of carbonyl (C=O) groups excluding carboxylic acids is 2. The first-order chi connectivity index (χ1) is 14.1. The number of anilines is 1. The molecule has 0 fully saturated rings. The van der Waals surface area contributed by atoms with Crippen molar-refractivity contribution in [1.82, 2.24) is 5.32 Å². The highest BCUT2D eigenvalue weighted by Crippen LogP contribution is 2.32. The third kappa shape index (κ3) is 5.00. The maximum atomic E-state index is 12.5. The van der Waals surface area contributed by atoms with Crippen LogP contribution >= 0.6 is 0 Å². The van der Waals surface area contributed by atoms with Crippen LogP contribution in [0.1, 0.15) is 15.9 Å². The van der Waals surface area contributed by atoms with Crippen molar-refractivity contribution < 1.29 is 19.1 Å². The number of carbonyl (C=O) groups is 2. The van der Waals surface area contributed by atoms with Gasteiger partial charge in [-0.05, 0) is 29.3 Å². The van der Waals surface area contributed by atoms with Gasteiger partial charge in [0.15, 0.2) is 0 Å². The van der Waals surface area contributed by atoms with Crippen LogP contribution in [-0.4, -0.2) is 26.2 Å². The Morgan fingerprint density at radius 3 is 2.34 bits per heavy atom. The number of methoxy groups -OCH3 is 2. The van der Waals surface area contributed by atoms with Gasteiger partial charge in [-0.2, -0.15) is 0 Å². The minimum Gasteiger partial charge on any atom is -0.496 e. The van der Waals surface area contributed by atoms with Gasteiger partial charge in [0.25, 0.3) is 5.91 Å². The van der Waals surface area contributed by atoms with E-state index in [0.29, 0.717) is 22.6 Å². The van der Waals surface area contributed by atoms with Crippen molar-refractivity contribution in [2.45, 2.75) is 6.61 Å². The Morgan fingerprint density at radius 2 is 1.62 bits per heavy atom. The lowest BCUT2D eigenvalue weighted by molar-refractivity contribution is 0.0962. The van der Waals surface area contributed by atoms with E-state index in [2.05, 4.69) is 10.6 Å². The quantitative estimate of drug-likeness (QED) is 0.651. The van der Waals surface area contributed by atoms with Crippen LogP contribution in [0, 0.1) is 0 Å². The molecule has 0 saturated carbocycles. The Labute approximate surface area is 169 Å². The predicted octanol–water partition coefficient (Wildman–Crippen LogP) is 4.47. The van der Waals surface area contributed by atoms with Gasteiger partial charge in [0, 0.05) is 30.0 Å². The minimum absolute atomic E-state index is 0.281. The molecule has 0 saturated heterocycles. The summed E-state index contributed by atoms with van der Waals surface area (Å²) in [5, 5.41) is 5.01. The average molecular weight is 390 g/mol. The topological polar surface area (TPSA) is 76.7 Å². The van der Waals surface area contributed by atoms with Crippen LogP contribution in [-0.2, 0) is 11.3 Å². The molecule has 3 amide bonds. The van der Waals surface area contributed by atoms with Crippen LogP contribution in [0.4, 0.5) is 10.5 Å². The number of hydrogen-bond donors (Lipinski definition) is 2. The van der Waals surface area contributed by atoms with E-state index in [1.807, 2.05) is 42.5 Å². The minimum atomic E-state index is -0.628. The van der Waals surface area contributed by atoms with Crippen molar-refractivity contribution in [1.29, 1.82) is 0 Å². The van der Waals surface area contributed by atoms with Gasteiger partial charge < -0.3 is 14.8 Å². The van der Waals surface area contributed by atoms with Gasteiger partial charge in [-0.3, -0.25) is 10.1 Å². The van der Waals surface area contributed by atoms with Gasteiger partial charge in [-0.25, -0.2) is 4.79 Å². The van der Waals surface area contributed by atoms with E-state index in [-0.39, 0.29) is 6.61 Å². The molecule has 0 bridgehead atoms. The van der Waals surface area contributed by atoms with E-state index in [1.165, 1.54) is 0 Å². The number of imide groups is 1. The van der Waals surface area contributed by atoms with Gasteiger partial charge in [0.2, 0.25) is 0 Å². The van der Waals surface area contributed by atoms with E-state index in [9.17, 15) is 9.59 Å². The Morgan fingerprint density at radius 1 is 0.897 bits per heavy atom. The lowest BCUT2D eigenvalue weighted by Gasteiger charge is -2.13. The molecule has 0 atom stereocenters. The summed E-state index contributed by atoms with van der Waals surface area (Å²) < 4.78 is 10.6. The fraction of sp³-hybridized carbons (Fsp3) is 0.130. The normalized spacial score (nSPS) is 10.3. The second-order valence-electron chi connectivity index (χ2n) is 6.28. The molecule has 0 aliphatic heterocycles. The summed E-state index contributed by atoms with van der Waals surface area (Å²) >= 11 is 0. The number of hydrogen-bond acceptors (Lipinski definition) is 4. The zero-order valence-electron chi connectivity index (χ0n) is 16.3. The summed E-state index contributed by atoms with van der Waals surface area (Å²) in [6, 6.07) is 21.5. The van der Waals surface area contributed by atoms with Crippen LogP contribution in [0.15, 0.2) is 72.8 Å². The zero-order valence-corrected chi connectivity index (χ0v) is 16.3. The van der Waals surface area contributed by atoms with Crippen LogP contribution < -0.4 is 15.4 Å². The molecule has 0 spiro atoms. The highest BCUT2D eigenvalue weighted by molar-refractivity contribution is 6.08. The standard InChI is InChI=1S/C23H22N2O4/c1-28-15-17-10-6-7-11-20(17)22(26)25-23(27)24-18-12-13-19(21(14-18)29-2)16-8-4-3-5-9-16/h3-14H,15H2,1-2H3,(H2,24,25,26,27). The van der Waals surface area contributed by atoms with E-state index >= 15 is 0 Å². The number of amides is 3. The van der Waals surface area contributed by atoms with Gasteiger partial charge in [0.05, 0.1) is 13.7 Å². The number of urea groups is 1. The SMILES string of the molecule is COCc1ccccc1C(=O)NC(=O)Nc1ccc(-c2ccccc2)c(OC)c1. The molecule has 3 aromatic rings. The Kier molecular flexibility index (Phi) is 6.60. The van der Waals surface area contributed by atoms with Crippen molar-refractivity contribution in [2.75, 3.05) is 19.5 Å². The van der Waals surface area contributed by atoms with Gasteiger partial charge in [-0.15, -0.1) is 0 Å². The highest BCUT2D eigenvalue weighted by Gasteiger charge is 2.15. The summed E-state index contributed by atoms with van der Waals surface area (Å²) in [6.45, 7) is 0.281. The van der Waals surface area contributed by atoms with Crippen molar-refractivity contribution in [2.24, 2.45) is 0 Å². The number of benzene rings is 3. The monoisotopic (exact) mass is 390 g/mol. The van der Waals surface area contributed by atoms with Crippen molar-refractivity contribution >= 4 is 17.6 Å². The van der Waals surface area contributed by atoms with Crippen LogP contribution in [0.2, 0.25) is 0 Å².